The minimum atomic E-state index is 1.00. The van der Waals surface area contributed by atoms with Crippen molar-refractivity contribution in [2.24, 2.45) is 0 Å². The van der Waals surface area contributed by atoms with Gasteiger partial charge in [0.2, 0.25) is 0 Å². The second-order valence-electron chi connectivity index (χ2n) is 4.66. The Morgan fingerprint density at radius 1 is 0.737 bits per heavy atom. The Morgan fingerprint density at radius 3 is 2.32 bits per heavy atom. The summed E-state index contributed by atoms with van der Waals surface area (Å²) < 4.78 is 5.08. The van der Waals surface area contributed by atoms with E-state index in [0.29, 0.717) is 0 Å². The van der Waals surface area contributed by atoms with Crippen molar-refractivity contribution >= 4 is 21.5 Å². The minimum absolute atomic E-state index is 1.00. The molecule has 19 heavy (non-hydrogen) atoms. The van der Waals surface area contributed by atoms with Gasteiger partial charge in [0.05, 0.1) is 6.26 Å². The van der Waals surface area contributed by atoms with Gasteiger partial charge in [-0.15, -0.1) is 0 Å². The van der Waals surface area contributed by atoms with Gasteiger partial charge in [-0.05, 0) is 45.3 Å². The van der Waals surface area contributed by atoms with Crippen LogP contribution in [0.1, 0.15) is 0 Å². The third kappa shape index (κ3) is 1.63. The molecule has 0 saturated heterocycles. The molecule has 89 valence electrons. The van der Waals surface area contributed by atoms with E-state index in [-0.39, 0.29) is 0 Å². The van der Waals surface area contributed by atoms with Crippen LogP contribution in [0.3, 0.4) is 0 Å². The van der Waals surface area contributed by atoms with Crippen LogP contribution in [0.2, 0.25) is 0 Å². The molecule has 1 aromatic heterocycles. The van der Waals surface area contributed by atoms with Crippen molar-refractivity contribution in [1.29, 1.82) is 0 Å². The Balaban J connectivity index is 2.12. The third-order valence-electron chi connectivity index (χ3n) is 3.51. The van der Waals surface area contributed by atoms with Gasteiger partial charge in [0.25, 0.3) is 0 Å². The van der Waals surface area contributed by atoms with Gasteiger partial charge in [-0.1, -0.05) is 42.5 Å². The Labute approximate surface area is 111 Å². The molecular weight excluding hydrogens is 232 g/mol. The van der Waals surface area contributed by atoms with E-state index >= 15 is 0 Å². The predicted molar refractivity (Wildman–Crippen MR) is 78.0 cm³/mol. The molecule has 0 aliphatic heterocycles. The Morgan fingerprint density at radius 2 is 1.53 bits per heavy atom. The first-order valence-corrected chi connectivity index (χ1v) is 6.29. The third-order valence-corrected chi connectivity index (χ3v) is 3.51. The van der Waals surface area contributed by atoms with Crippen LogP contribution >= 0.6 is 0 Å². The van der Waals surface area contributed by atoms with Crippen LogP contribution in [0.5, 0.6) is 0 Å². The molecule has 0 aliphatic rings. The van der Waals surface area contributed by atoms with Gasteiger partial charge >= 0.3 is 0 Å². The summed E-state index contributed by atoms with van der Waals surface area (Å²) in [5, 5.41) is 5.00. The average molecular weight is 243 g/mol. The van der Waals surface area contributed by atoms with Gasteiger partial charge < -0.3 is 4.42 Å². The van der Waals surface area contributed by atoms with Gasteiger partial charge in [0.1, 0.15) is 0 Å². The maximum absolute atomic E-state index is 5.08. The highest BCUT2D eigenvalue weighted by Gasteiger charge is 2.06. The summed E-state index contributed by atoms with van der Waals surface area (Å²) in [6.45, 7) is 0. The molecule has 4 aromatic rings. The molecule has 0 fully saturated rings. The zero-order valence-electron chi connectivity index (χ0n) is 10.3. The summed E-state index contributed by atoms with van der Waals surface area (Å²) >= 11 is 0. The summed E-state index contributed by atoms with van der Waals surface area (Å²) in [6, 6.07) is 21.2. The number of fused-ring (bicyclic) bond motifs is 2. The standard InChI is InChI=1S/C18H11O/c1-2-5-14-11-18-15(10-13(14)4-1)6-3-7-17(18)16-8-9-19-12-16/h1-11H. The molecule has 1 heterocycles. The molecule has 3 aromatic carbocycles. The van der Waals surface area contributed by atoms with Gasteiger partial charge in [-0.3, -0.25) is 0 Å². The second kappa shape index (κ2) is 3.99. The molecule has 4 rings (SSSR count). The molecule has 0 saturated carbocycles. The Kier molecular flexibility index (Phi) is 2.18. The highest BCUT2D eigenvalue weighted by molar-refractivity contribution is 6.04. The fraction of sp³-hybridized carbons (Fsp3) is 0. The molecule has 1 heteroatoms. The van der Waals surface area contributed by atoms with Gasteiger partial charge in [0.15, 0.2) is 6.26 Å². The quantitative estimate of drug-likeness (QED) is 0.426. The maximum atomic E-state index is 5.08. The first-order chi connectivity index (χ1) is 9.42. The monoisotopic (exact) mass is 243 g/mol. The molecule has 0 aliphatic carbocycles. The van der Waals surface area contributed by atoms with Crippen molar-refractivity contribution in [3.8, 4) is 11.1 Å². The van der Waals surface area contributed by atoms with E-state index in [4.69, 9.17) is 4.42 Å². The molecular formula is C18H11O. The van der Waals surface area contributed by atoms with E-state index in [0.717, 1.165) is 11.1 Å². The number of furan rings is 1. The van der Waals surface area contributed by atoms with Crippen molar-refractivity contribution in [2.75, 3.05) is 0 Å². The summed E-state index contributed by atoms with van der Waals surface area (Å²) in [4.78, 5) is 0. The van der Waals surface area contributed by atoms with E-state index in [1.807, 2.05) is 6.07 Å². The Bertz CT molecular complexity index is 857. The van der Waals surface area contributed by atoms with E-state index in [2.05, 4.69) is 60.9 Å². The van der Waals surface area contributed by atoms with Crippen LogP contribution in [0.15, 0.2) is 71.3 Å². The van der Waals surface area contributed by atoms with Crippen molar-refractivity contribution < 1.29 is 4.42 Å². The Hall–Kier alpha value is -2.54. The van der Waals surface area contributed by atoms with Crippen LogP contribution in [-0.2, 0) is 0 Å². The lowest BCUT2D eigenvalue weighted by Crippen LogP contribution is -1.81. The zero-order chi connectivity index (χ0) is 12.7. The molecule has 1 radical (unpaired) electrons. The van der Waals surface area contributed by atoms with Gasteiger partial charge in [0, 0.05) is 5.56 Å². The van der Waals surface area contributed by atoms with Crippen molar-refractivity contribution in [1.82, 2.24) is 0 Å². The number of rotatable bonds is 1. The summed E-state index contributed by atoms with van der Waals surface area (Å²) in [7, 11) is 0. The molecule has 0 bridgehead atoms. The predicted octanol–water partition coefficient (Wildman–Crippen LogP) is 5.05. The second-order valence-corrected chi connectivity index (χ2v) is 4.66. The number of hydrogen-bond acceptors (Lipinski definition) is 1. The highest BCUT2D eigenvalue weighted by atomic mass is 16.3. The van der Waals surface area contributed by atoms with Crippen molar-refractivity contribution in [3.63, 3.8) is 0 Å². The minimum Gasteiger partial charge on any atom is -0.460 e. The number of benzene rings is 3. The summed E-state index contributed by atoms with van der Waals surface area (Å²) in [5.41, 5.74) is 2.16. The van der Waals surface area contributed by atoms with Gasteiger partial charge in [-0.25, -0.2) is 0 Å². The molecule has 1 nitrogen and oxygen atoms in total. The average Bonchev–Trinajstić information content (AvgIpc) is 2.98. The lowest BCUT2D eigenvalue weighted by Gasteiger charge is -2.06. The first-order valence-electron chi connectivity index (χ1n) is 6.29. The number of hydrogen-bond donors (Lipinski definition) is 0. The first kappa shape index (κ1) is 10.4. The van der Waals surface area contributed by atoms with Crippen molar-refractivity contribution in [3.05, 3.63) is 73.2 Å². The summed E-state index contributed by atoms with van der Waals surface area (Å²) in [6.07, 6.45) is 4.58. The van der Waals surface area contributed by atoms with Crippen molar-refractivity contribution in [2.45, 2.75) is 0 Å². The lowest BCUT2D eigenvalue weighted by molar-refractivity contribution is 0.559. The molecule has 0 unspecified atom stereocenters. The van der Waals surface area contributed by atoms with Gasteiger partial charge in [-0.2, -0.15) is 0 Å². The van der Waals surface area contributed by atoms with E-state index in [9.17, 15) is 0 Å². The van der Waals surface area contributed by atoms with E-state index < -0.39 is 0 Å². The molecule has 0 spiro atoms. The SMILES string of the molecule is [c]1occc1-c1cccc2cc3ccccc3cc12. The smallest absolute Gasteiger partial charge is 0.177 e. The van der Waals surface area contributed by atoms with Crippen LogP contribution < -0.4 is 0 Å². The maximum Gasteiger partial charge on any atom is 0.177 e. The van der Waals surface area contributed by atoms with Crippen LogP contribution in [-0.4, -0.2) is 0 Å². The lowest BCUT2D eigenvalue weighted by atomic mass is 9.97. The fourth-order valence-electron chi connectivity index (χ4n) is 2.58. The normalized spacial score (nSPS) is 11.2. The molecule has 0 amide bonds. The van der Waals surface area contributed by atoms with Crippen LogP contribution in [0, 0.1) is 6.26 Å². The van der Waals surface area contributed by atoms with E-state index in [1.54, 1.807) is 6.26 Å². The topological polar surface area (TPSA) is 13.1 Å². The molecule has 0 atom stereocenters. The fourth-order valence-corrected chi connectivity index (χ4v) is 2.58. The van der Waals surface area contributed by atoms with Crippen LogP contribution in [0.25, 0.3) is 32.7 Å². The zero-order valence-corrected chi connectivity index (χ0v) is 10.3. The summed E-state index contributed by atoms with van der Waals surface area (Å²) in [5.74, 6) is 0. The highest BCUT2D eigenvalue weighted by Crippen LogP contribution is 2.31. The molecule has 0 N–H and O–H groups in total. The van der Waals surface area contributed by atoms with E-state index in [1.165, 1.54) is 21.5 Å². The largest absolute Gasteiger partial charge is 0.460 e. The van der Waals surface area contributed by atoms with Crippen LogP contribution in [0.4, 0.5) is 0 Å².